The van der Waals surface area contributed by atoms with Gasteiger partial charge in [0.2, 0.25) is 0 Å². The van der Waals surface area contributed by atoms with Crippen LogP contribution in [0.1, 0.15) is 32.0 Å². The second kappa shape index (κ2) is 5.70. The number of pyridine rings is 1. The molecule has 0 aromatic carbocycles. The normalized spacial score (nSPS) is 19.0. The minimum atomic E-state index is 0.309. The molecule has 2 nitrogen and oxygen atoms in total. The van der Waals surface area contributed by atoms with Crippen LogP contribution in [0.2, 0.25) is 0 Å². The maximum Gasteiger partial charge on any atom is 0.129 e. The van der Waals surface area contributed by atoms with Gasteiger partial charge in [-0.25, -0.2) is 4.98 Å². The smallest absolute Gasteiger partial charge is 0.129 e. The highest BCUT2D eigenvalue weighted by Crippen LogP contribution is 2.32. The van der Waals surface area contributed by atoms with E-state index in [1.165, 1.54) is 11.3 Å². The van der Waals surface area contributed by atoms with E-state index in [9.17, 15) is 0 Å². The van der Waals surface area contributed by atoms with Gasteiger partial charge in [-0.15, -0.1) is 11.6 Å². The number of aromatic nitrogens is 1. The number of anilines is 1. The van der Waals surface area contributed by atoms with Gasteiger partial charge in [0.1, 0.15) is 5.82 Å². The average molecular weight is 285 g/mol. The van der Waals surface area contributed by atoms with E-state index in [1.807, 2.05) is 11.8 Å². The van der Waals surface area contributed by atoms with Crippen LogP contribution in [-0.4, -0.2) is 28.6 Å². The summed E-state index contributed by atoms with van der Waals surface area (Å²) < 4.78 is 0.309. The molecule has 0 radical (unpaired) electrons. The fourth-order valence-electron chi connectivity index (χ4n) is 2.27. The Balaban J connectivity index is 2.26. The van der Waals surface area contributed by atoms with Crippen LogP contribution in [0.25, 0.3) is 0 Å². The van der Waals surface area contributed by atoms with Gasteiger partial charge >= 0.3 is 0 Å². The molecular formula is C14H21ClN2S. The first-order chi connectivity index (χ1) is 8.54. The number of thioether (sulfide) groups is 1. The molecule has 0 saturated carbocycles. The molecule has 2 rings (SSSR count). The van der Waals surface area contributed by atoms with Crippen LogP contribution in [0.4, 0.5) is 5.82 Å². The molecule has 1 aromatic heterocycles. The van der Waals surface area contributed by atoms with E-state index in [4.69, 9.17) is 16.6 Å². The molecule has 2 heterocycles. The van der Waals surface area contributed by atoms with Crippen LogP contribution in [0.5, 0.6) is 0 Å². The van der Waals surface area contributed by atoms with Crippen molar-refractivity contribution < 1.29 is 0 Å². The van der Waals surface area contributed by atoms with Crippen LogP contribution in [0.15, 0.2) is 12.1 Å². The van der Waals surface area contributed by atoms with Gasteiger partial charge in [-0.1, -0.05) is 6.92 Å². The highest BCUT2D eigenvalue weighted by atomic mass is 35.5. The molecule has 1 aliphatic rings. The number of halogens is 1. The summed E-state index contributed by atoms with van der Waals surface area (Å²) in [6.45, 7) is 8.88. The summed E-state index contributed by atoms with van der Waals surface area (Å²) in [5.41, 5.74) is 2.31. The zero-order valence-corrected chi connectivity index (χ0v) is 12.9. The van der Waals surface area contributed by atoms with Gasteiger partial charge in [0.05, 0.1) is 0 Å². The molecule has 0 aliphatic carbocycles. The van der Waals surface area contributed by atoms with E-state index in [-0.39, 0.29) is 0 Å². The van der Waals surface area contributed by atoms with Crippen molar-refractivity contribution in [2.24, 2.45) is 0 Å². The Morgan fingerprint density at radius 3 is 2.83 bits per heavy atom. The molecule has 0 N–H and O–H groups in total. The number of rotatable bonds is 3. The van der Waals surface area contributed by atoms with Crippen LogP contribution >= 0.6 is 23.4 Å². The van der Waals surface area contributed by atoms with Gasteiger partial charge < -0.3 is 4.90 Å². The van der Waals surface area contributed by atoms with Crippen LogP contribution in [0.3, 0.4) is 0 Å². The minimum absolute atomic E-state index is 0.309. The summed E-state index contributed by atoms with van der Waals surface area (Å²) in [6.07, 6.45) is 0.962. The van der Waals surface area contributed by atoms with Crippen LogP contribution in [-0.2, 0) is 12.3 Å². The molecule has 1 saturated heterocycles. The van der Waals surface area contributed by atoms with Gasteiger partial charge in [0.15, 0.2) is 0 Å². The number of alkyl halides is 1. The quantitative estimate of drug-likeness (QED) is 0.787. The molecular weight excluding hydrogens is 264 g/mol. The first-order valence-corrected chi connectivity index (χ1v) is 8.01. The first-order valence-electron chi connectivity index (χ1n) is 6.49. The highest BCUT2D eigenvalue weighted by Gasteiger charge is 2.27. The van der Waals surface area contributed by atoms with Crippen molar-refractivity contribution in [3.8, 4) is 0 Å². The molecule has 1 fully saturated rings. The topological polar surface area (TPSA) is 16.1 Å². The lowest BCUT2D eigenvalue weighted by Crippen LogP contribution is -2.43. The Morgan fingerprint density at radius 2 is 2.22 bits per heavy atom. The van der Waals surface area contributed by atoms with Crippen molar-refractivity contribution in [3.63, 3.8) is 0 Å². The van der Waals surface area contributed by atoms with Gasteiger partial charge in [0.25, 0.3) is 0 Å². The van der Waals surface area contributed by atoms with E-state index in [1.54, 1.807) is 0 Å². The SMILES string of the molecule is CCc1cc(CCl)cc(N2CCSC(C)(C)C2)n1. The van der Waals surface area contributed by atoms with Gasteiger partial charge in [-0.3, -0.25) is 0 Å². The average Bonchev–Trinajstić information content (AvgIpc) is 2.37. The molecule has 4 heteroatoms. The fourth-order valence-corrected chi connectivity index (χ4v) is 3.53. The summed E-state index contributed by atoms with van der Waals surface area (Å²) in [6, 6.07) is 4.25. The summed E-state index contributed by atoms with van der Waals surface area (Å²) in [4.78, 5) is 7.14. The number of hydrogen-bond acceptors (Lipinski definition) is 3. The van der Waals surface area contributed by atoms with E-state index < -0.39 is 0 Å². The third-order valence-corrected chi connectivity index (χ3v) is 4.80. The van der Waals surface area contributed by atoms with Crippen LogP contribution in [0, 0.1) is 0 Å². The zero-order valence-electron chi connectivity index (χ0n) is 11.4. The second-order valence-corrected chi connectivity index (χ2v) is 7.41. The third kappa shape index (κ3) is 3.33. The van der Waals surface area contributed by atoms with E-state index in [0.717, 1.165) is 31.0 Å². The summed E-state index contributed by atoms with van der Waals surface area (Å²) in [7, 11) is 0. The van der Waals surface area contributed by atoms with Crippen molar-refractivity contribution in [1.29, 1.82) is 0 Å². The molecule has 1 aromatic rings. The Kier molecular flexibility index (Phi) is 4.44. The van der Waals surface area contributed by atoms with Crippen LogP contribution < -0.4 is 4.90 Å². The fraction of sp³-hybridized carbons (Fsp3) is 0.643. The third-order valence-electron chi connectivity index (χ3n) is 3.19. The largest absolute Gasteiger partial charge is 0.354 e. The first kappa shape index (κ1) is 14.0. The second-order valence-electron chi connectivity index (χ2n) is 5.34. The molecule has 0 amide bonds. The summed E-state index contributed by atoms with van der Waals surface area (Å²) in [5, 5.41) is 0. The molecule has 0 bridgehead atoms. The standard InChI is InChI=1S/C14H21ClN2S/c1-4-12-7-11(9-15)8-13(16-12)17-5-6-18-14(2,3)10-17/h7-8H,4-6,9-10H2,1-3H3. The zero-order chi connectivity index (χ0) is 13.2. The lowest BCUT2D eigenvalue weighted by molar-refractivity contribution is 0.641. The van der Waals surface area contributed by atoms with Crippen molar-refractivity contribution in [1.82, 2.24) is 4.98 Å². The van der Waals surface area contributed by atoms with Gasteiger partial charge in [-0.05, 0) is 38.0 Å². The maximum absolute atomic E-state index is 5.97. The Bertz CT molecular complexity index is 398. The maximum atomic E-state index is 5.97. The lowest BCUT2D eigenvalue weighted by atomic mass is 10.1. The van der Waals surface area contributed by atoms with Crippen molar-refractivity contribution in [3.05, 3.63) is 23.4 Å². The molecule has 100 valence electrons. The number of hydrogen-bond donors (Lipinski definition) is 0. The van der Waals surface area contributed by atoms with E-state index in [0.29, 0.717) is 10.6 Å². The van der Waals surface area contributed by atoms with Crippen molar-refractivity contribution in [2.45, 2.75) is 37.8 Å². The summed E-state index contributed by atoms with van der Waals surface area (Å²) in [5.74, 6) is 2.83. The Morgan fingerprint density at radius 1 is 1.44 bits per heavy atom. The van der Waals surface area contributed by atoms with Crippen molar-refractivity contribution >= 4 is 29.2 Å². The molecule has 0 atom stereocenters. The monoisotopic (exact) mass is 284 g/mol. The summed E-state index contributed by atoms with van der Waals surface area (Å²) >= 11 is 8.02. The Labute approximate surface area is 119 Å². The predicted octanol–water partition coefficient (Wildman–Crippen LogP) is 3.71. The molecule has 0 unspecified atom stereocenters. The Hall–Kier alpha value is -0.410. The van der Waals surface area contributed by atoms with Gasteiger partial charge in [-0.2, -0.15) is 11.8 Å². The number of aryl methyl sites for hydroxylation is 1. The molecule has 18 heavy (non-hydrogen) atoms. The lowest BCUT2D eigenvalue weighted by Gasteiger charge is -2.38. The predicted molar refractivity (Wildman–Crippen MR) is 81.9 cm³/mol. The minimum Gasteiger partial charge on any atom is -0.354 e. The van der Waals surface area contributed by atoms with E-state index in [2.05, 4.69) is 37.8 Å². The molecule has 0 spiro atoms. The van der Waals surface area contributed by atoms with E-state index >= 15 is 0 Å². The number of nitrogens with zero attached hydrogens (tertiary/aromatic N) is 2. The van der Waals surface area contributed by atoms with Crippen molar-refractivity contribution in [2.75, 3.05) is 23.7 Å². The van der Waals surface area contributed by atoms with Gasteiger partial charge in [0, 0.05) is 35.2 Å². The highest BCUT2D eigenvalue weighted by molar-refractivity contribution is 8.00. The molecule has 1 aliphatic heterocycles.